The van der Waals surface area contributed by atoms with Gasteiger partial charge in [-0.25, -0.2) is 0 Å². The van der Waals surface area contributed by atoms with Gasteiger partial charge in [0, 0.05) is 43.9 Å². The van der Waals surface area contributed by atoms with Crippen molar-refractivity contribution in [1.29, 1.82) is 0 Å². The van der Waals surface area contributed by atoms with Gasteiger partial charge in [-0.05, 0) is 48.2 Å². The van der Waals surface area contributed by atoms with Crippen LogP contribution in [-0.2, 0) is 22.4 Å². The molecule has 0 saturated carbocycles. The minimum Gasteiger partial charge on any atom is -0.488 e. The number of aliphatic hydroxyl groups excluding tert-OH is 1. The number of aromatic nitrogens is 1. The summed E-state index contributed by atoms with van der Waals surface area (Å²) in [5, 5.41) is 13.4. The van der Waals surface area contributed by atoms with Crippen molar-refractivity contribution in [3.8, 4) is 5.75 Å². The minimum atomic E-state index is -0.734. The molecule has 2 aromatic rings. The van der Waals surface area contributed by atoms with Gasteiger partial charge in [0.1, 0.15) is 18.0 Å². The molecule has 1 aromatic heterocycles. The van der Waals surface area contributed by atoms with Crippen LogP contribution in [0.4, 0.5) is 5.69 Å². The van der Waals surface area contributed by atoms with Crippen LogP contribution in [0.5, 0.6) is 5.75 Å². The molecule has 2 aliphatic rings. The molecular weight excluding hydrogens is 370 g/mol. The normalized spacial score (nSPS) is 21.3. The average Bonchev–Trinajstić information content (AvgIpc) is 2.74. The molecule has 3 heterocycles. The molecule has 0 spiro atoms. The number of fused-ring (bicyclic) bond motifs is 1. The van der Waals surface area contributed by atoms with Crippen LogP contribution in [0.1, 0.15) is 30.4 Å². The number of aryl methyl sites for hydroxylation is 2. The van der Waals surface area contributed by atoms with Gasteiger partial charge in [-0.3, -0.25) is 14.6 Å². The van der Waals surface area contributed by atoms with Gasteiger partial charge in [-0.15, -0.1) is 0 Å². The van der Waals surface area contributed by atoms with E-state index in [-0.39, 0.29) is 24.5 Å². The molecular formula is C22H25N3O4. The van der Waals surface area contributed by atoms with Crippen molar-refractivity contribution in [3.05, 3.63) is 53.9 Å². The lowest BCUT2D eigenvalue weighted by molar-refractivity contribution is -0.137. The Kier molecular flexibility index (Phi) is 5.76. The SMILES string of the molecule is O=C1CCc2cc(O[C@@H]3CCN(C(=O)CCc4cccnc4)C[C@H]3O)ccc2N1. The Labute approximate surface area is 169 Å². The lowest BCUT2D eigenvalue weighted by Gasteiger charge is -2.36. The van der Waals surface area contributed by atoms with E-state index in [0.717, 1.165) is 16.8 Å². The maximum absolute atomic E-state index is 12.5. The van der Waals surface area contributed by atoms with E-state index < -0.39 is 6.10 Å². The van der Waals surface area contributed by atoms with E-state index >= 15 is 0 Å². The summed E-state index contributed by atoms with van der Waals surface area (Å²) < 4.78 is 6.01. The molecule has 2 atom stereocenters. The molecule has 2 amide bonds. The van der Waals surface area contributed by atoms with Crippen LogP contribution >= 0.6 is 0 Å². The predicted molar refractivity (Wildman–Crippen MR) is 108 cm³/mol. The zero-order valence-electron chi connectivity index (χ0n) is 16.2. The first-order chi connectivity index (χ1) is 14.1. The quantitative estimate of drug-likeness (QED) is 0.807. The number of likely N-dealkylation sites (tertiary alicyclic amines) is 1. The third kappa shape index (κ3) is 4.74. The number of hydrogen-bond donors (Lipinski definition) is 2. The van der Waals surface area contributed by atoms with Gasteiger partial charge in [-0.2, -0.15) is 0 Å². The number of ether oxygens (including phenoxy) is 1. The Bertz CT molecular complexity index is 887. The topological polar surface area (TPSA) is 91.8 Å². The number of benzene rings is 1. The van der Waals surface area contributed by atoms with Gasteiger partial charge in [0.25, 0.3) is 0 Å². The Morgan fingerprint density at radius 2 is 2.21 bits per heavy atom. The second-order valence-electron chi connectivity index (χ2n) is 7.58. The molecule has 2 N–H and O–H groups in total. The van der Waals surface area contributed by atoms with Crippen molar-refractivity contribution in [3.63, 3.8) is 0 Å². The maximum atomic E-state index is 12.5. The molecule has 1 aromatic carbocycles. The molecule has 0 bridgehead atoms. The Morgan fingerprint density at radius 3 is 3.00 bits per heavy atom. The first-order valence-corrected chi connectivity index (χ1v) is 10.0. The number of nitrogens with one attached hydrogen (secondary N) is 1. The predicted octanol–water partition coefficient (Wildman–Crippen LogP) is 1.94. The smallest absolute Gasteiger partial charge is 0.224 e. The second-order valence-corrected chi connectivity index (χ2v) is 7.58. The Balaban J connectivity index is 1.30. The molecule has 0 unspecified atom stereocenters. The van der Waals surface area contributed by atoms with Crippen molar-refractivity contribution < 1.29 is 19.4 Å². The zero-order chi connectivity index (χ0) is 20.2. The van der Waals surface area contributed by atoms with Crippen LogP contribution in [0, 0.1) is 0 Å². The maximum Gasteiger partial charge on any atom is 0.224 e. The summed E-state index contributed by atoms with van der Waals surface area (Å²) in [6.45, 7) is 0.839. The van der Waals surface area contributed by atoms with E-state index in [1.165, 1.54) is 0 Å². The lowest BCUT2D eigenvalue weighted by atomic mass is 10.0. The number of pyridine rings is 1. The summed E-state index contributed by atoms with van der Waals surface area (Å²) in [5.41, 5.74) is 2.89. The first kappa shape index (κ1) is 19.4. The van der Waals surface area contributed by atoms with Crippen molar-refractivity contribution in [2.45, 2.75) is 44.3 Å². The molecule has 1 saturated heterocycles. The van der Waals surface area contributed by atoms with E-state index in [9.17, 15) is 14.7 Å². The van der Waals surface area contributed by atoms with Gasteiger partial charge in [-0.1, -0.05) is 6.07 Å². The third-order valence-electron chi connectivity index (χ3n) is 5.48. The first-order valence-electron chi connectivity index (χ1n) is 10.0. The van der Waals surface area contributed by atoms with Crippen LogP contribution in [0.15, 0.2) is 42.7 Å². The standard InChI is InChI=1S/C22H25N3O4/c26-19-14-25(22(28)8-3-15-2-1-10-23-13-15)11-9-20(19)29-17-5-6-18-16(12-17)4-7-21(27)24-18/h1-2,5-6,10,12-13,19-20,26H,3-4,7-9,11,14H2,(H,24,27)/t19-,20-/m1/s1. The van der Waals surface area contributed by atoms with Crippen molar-refractivity contribution in [2.24, 2.45) is 0 Å². The van der Waals surface area contributed by atoms with E-state index in [2.05, 4.69) is 10.3 Å². The molecule has 29 heavy (non-hydrogen) atoms. The van der Waals surface area contributed by atoms with E-state index in [4.69, 9.17) is 4.74 Å². The molecule has 4 rings (SSSR count). The summed E-state index contributed by atoms with van der Waals surface area (Å²) in [5.74, 6) is 0.748. The monoisotopic (exact) mass is 395 g/mol. The highest BCUT2D eigenvalue weighted by atomic mass is 16.5. The molecule has 0 radical (unpaired) electrons. The number of carbonyl (C=O) groups is 2. The lowest BCUT2D eigenvalue weighted by Crippen LogP contribution is -2.51. The highest BCUT2D eigenvalue weighted by Crippen LogP contribution is 2.28. The number of aliphatic hydroxyl groups is 1. The number of anilines is 1. The van der Waals surface area contributed by atoms with Crippen LogP contribution in [0.3, 0.4) is 0 Å². The summed E-state index contributed by atoms with van der Waals surface area (Å²) in [4.78, 5) is 29.7. The molecule has 2 aliphatic heterocycles. The largest absolute Gasteiger partial charge is 0.488 e. The van der Waals surface area contributed by atoms with Crippen molar-refractivity contribution in [1.82, 2.24) is 9.88 Å². The summed E-state index contributed by atoms with van der Waals surface area (Å²) in [6, 6.07) is 9.39. The summed E-state index contributed by atoms with van der Waals surface area (Å²) >= 11 is 0. The number of carbonyl (C=O) groups excluding carboxylic acids is 2. The average molecular weight is 395 g/mol. The van der Waals surface area contributed by atoms with Gasteiger partial charge in [0.15, 0.2) is 0 Å². The fourth-order valence-electron chi connectivity index (χ4n) is 3.84. The van der Waals surface area contributed by atoms with Crippen LogP contribution in [0.25, 0.3) is 0 Å². The highest BCUT2D eigenvalue weighted by molar-refractivity contribution is 5.94. The number of piperidine rings is 1. The Morgan fingerprint density at radius 1 is 1.31 bits per heavy atom. The number of amides is 2. The van der Waals surface area contributed by atoms with Gasteiger partial charge >= 0.3 is 0 Å². The molecule has 152 valence electrons. The molecule has 1 fully saturated rings. The van der Waals surface area contributed by atoms with Crippen LogP contribution < -0.4 is 10.1 Å². The van der Waals surface area contributed by atoms with E-state index in [1.54, 1.807) is 17.3 Å². The van der Waals surface area contributed by atoms with Crippen molar-refractivity contribution in [2.75, 3.05) is 18.4 Å². The van der Waals surface area contributed by atoms with Gasteiger partial charge in [0.2, 0.25) is 11.8 Å². The number of hydrogen-bond acceptors (Lipinski definition) is 5. The number of β-amino-alcohol motifs (C(OH)–C–C–N with tert-alkyl or cyclic N) is 1. The summed E-state index contributed by atoms with van der Waals surface area (Å²) in [7, 11) is 0. The third-order valence-corrected chi connectivity index (χ3v) is 5.48. The number of rotatable bonds is 5. The fourth-order valence-corrected chi connectivity index (χ4v) is 3.84. The van der Waals surface area contributed by atoms with Crippen LogP contribution in [-0.4, -0.2) is 52.1 Å². The Hall–Kier alpha value is -2.93. The molecule has 7 nitrogen and oxygen atoms in total. The van der Waals surface area contributed by atoms with E-state index in [0.29, 0.717) is 44.4 Å². The fraction of sp³-hybridized carbons (Fsp3) is 0.409. The van der Waals surface area contributed by atoms with Crippen LogP contribution in [0.2, 0.25) is 0 Å². The summed E-state index contributed by atoms with van der Waals surface area (Å²) in [6.07, 6.45) is 5.18. The molecule has 7 heteroatoms. The van der Waals surface area contributed by atoms with E-state index in [1.807, 2.05) is 30.3 Å². The molecule has 0 aliphatic carbocycles. The second kappa shape index (κ2) is 8.61. The van der Waals surface area contributed by atoms with Crippen molar-refractivity contribution >= 4 is 17.5 Å². The van der Waals surface area contributed by atoms with Gasteiger partial charge in [0.05, 0.1) is 6.54 Å². The van der Waals surface area contributed by atoms with Gasteiger partial charge < -0.3 is 20.1 Å². The number of nitrogens with zero attached hydrogens (tertiary/aromatic N) is 2. The highest BCUT2D eigenvalue weighted by Gasteiger charge is 2.31. The zero-order valence-corrected chi connectivity index (χ0v) is 16.2. The minimum absolute atomic E-state index is 0.0298.